The number of carbonyl (C=O) groups excluding carboxylic acids is 1. The predicted octanol–water partition coefficient (Wildman–Crippen LogP) is 0.586. The summed E-state index contributed by atoms with van der Waals surface area (Å²) in [4.78, 5) is 23.3. The van der Waals surface area contributed by atoms with Crippen LogP contribution in [0.2, 0.25) is 0 Å². The fourth-order valence-corrected chi connectivity index (χ4v) is 2.64. The van der Waals surface area contributed by atoms with E-state index >= 15 is 0 Å². The zero-order valence-corrected chi connectivity index (χ0v) is 10.6. The maximum atomic E-state index is 12.0. The number of rotatable bonds is 1. The number of amides is 1. The molecule has 0 aromatic carbocycles. The van der Waals surface area contributed by atoms with Crippen molar-refractivity contribution < 1.29 is 29.0 Å². The highest BCUT2D eigenvalue weighted by molar-refractivity contribution is 5.76. The van der Waals surface area contributed by atoms with E-state index in [-0.39, 0.29) is 17.4 Å². The molecule has 1 fully saturated rings. The van der Waals surface area contributed by atoms with Crippen molar-refractivity contribution in [2.45, 2.75) is 44.9 Å². The number of carboxylic acids is 1. The molecule has 6 nitrogen and oxygen atoms in total. The number of likely N-dealkylation sites (tertiary alicyclic amines) is 1. The van der Waals surface area contributed by atoms with Gasteiger partial charge in [0.15, 0.2) is 0 Å². The van der Waals surface area contributed by atoms with E-state index in [9.17, 15) is 19.8 Å². The van der Waals surface area contributed by atoms with Crippen LogP contribution in [0.3, 0.4) is 0 Å². The van der Waals surface area contributed by atoms with E-state index in [4.69, 9.17) is 4.74 Å². The van der Waals surface area contributed by atoms with Crippen LogP contribution in [0.1, 0.15) is 27.2 Å². The van der Waals surface area contributed by atoms with Gasteiger partial charge < -0.3 is 14.9 Å². The second kappa shape index (κ2) is 4.27. The smallest absolute Gasteiger partial charge is 0.477 e. The third kappa shape index (κ3) is 2.02. The number of methoxy groups -OCH3 is 1. The number of hydrogen-bond donors (Lipinski definition) is 2. The summed E-state index contributed by atoms with van der Waals surface area (Å²) in [5, 5.41) is 18.9. The van der Waals surface area contributed by atoms with Gasteiger partial charge in [0.25, 0.3) is 0 Å². The van der Waals surface area contributed by atoms with Crippen LogP contribution in [0.25, 0.3) is 0 Å². The Hall–Kier alpha value is -1.14. The Bertz CT molecular complexity index is 335. The van der Waals surface area contributed by atoms with E-state index in [0.29, 0.717) is 0 Å². The molecule has 3 atom stereocenters. The van der Waals surface area contributed by atoms with Crippen molar-refractivity contribution >= 4 is 12.1 Å². The lowest BCUT2D eigenvalue weighted by atomic mass is 10.00. The van der Waals surface area contributed by atoms with Gasteiger partial charge in [-0.05, 0) is 20.8 Å². The SMILES string of the molecule is COC(=O)[N+]1(C(C)(C)C)C[C@@H](O)C[C@H]1C(=O)O. The van der Waals surface area contributed by atoms with Crippen LogP contribution in [0, 0.1) is 0 Å². The number of ether oxygens (including phenoxy) is 1. The van der Waals surface area contributed by atoms with Crippen LogP contribution in [-0.2, 0) is 9.53 Å². The number of nitrogens with zero attached hydrogens (tertiary/aromatic N) is 1. The third-order valence-corrected chi connectivity index (χ3v) is 3.51. The van der Waals surface area contributed by atoms with E-state index in [1.165, 1.54) is 7.11 Å². The molecule has 0 radical (unpaired) electrons. The Morgan fingerprint density at radius 3 is 2.24 bits per heavy atom. The Kier molecular flexibility index (Phi) is 3.50. The van der Waals surface area contributed by atoms with Gasteiger partial charge in [-0.3, -0.25) is 0 Å². The Morgan fingerprint density at radius 1 is 1.35 bits per heavy atom. The zero-order valence-electron chi connectivity index (χ0n) is 10.6. The topological polar surface area (TPSA) is 83.8 Å². The minimum Gasteiger partial charge on any atom is -0.477 e. The summed E-state index contributed by atoms with van der Waals surface area (Å²) in [6, 6.07) is -0.961. The Balaban J connectivity index is 3.31. The highest BCUT2D eigenvalue weighted by atomic mass is 16.5. The summed E-state index contributed by atoms with van der Waals surface area (Å²) in [5.41, 5.74) is -0.645. The van der Waals surface area contributed by atoms with Crippen LogP contribution in [0.15, 0.2) is 0 Å². The lowest BCUT2D eigenvalue weighted by molar-refractivity contribution is -0.908. The van der Waals surface area contributed by atoms with Gasteiger partial charge in [-0.25, -0.2) is 9.28 Å². The molecule has 0 bridgehead atoms. The van der Waals surface area contributed by atoms with Crippen LogP contribution in [-0.4, -0.2) is 58.1 Å². The van der Waals surface area contributed by atoms with E-state index in [1.807, 2.05) is 0 Å². The number of aliphatic carboxylic acids is 1. The number of carboxylic acid groups (broad SMARTS) is 1. The first-order chi connectivity index (χ1) is 7.66. The van der Waals surface area contributed by atoms with Crippen molar-refractivity contribution in [3.8, 4) is 0 Å². The monoisotopic (exact) mass is 246 g/mol. The summed E-state index contributed by atoms with van der Waals surface area (Å²) < 4.78 is 4.38. The largest absolute Gasteiger partial charge is 0.516 e. The van der Waals surface area contributed by atoms with E-state index in [1.54, 1.807) is 20.8 Å². The van der Waals surface area contributed by atoms with Gasteiger partial charge in [-0.2, -0.15) is 4.79 Å². The normalized spacial score (nSPS) is 33.5. The van der Waals surface area contributed by atoms with Crippen molar-refractivity contribution in [3.63, 3.8) is 0 Å². The molecule has 0 aromatic heterocycles. The molecule has 98 valence electrons. The quantitative estimate of drug-likeness (QED) is 0.661. The summed E-state index contributed by atoms with van der Waals surface area (Å²) >= 11 is 0. The molecular formula is C11H20NO5+. The molecule has 1 aliphatic rings. The van der Waals surface area contributed by atoms with Crippen LogP contribution >= 0.6 is 0 Å². The Morgan fingerprint density at radius 2 is 1.88 bits per heavy atom. The molecule has 0 aliphatic carbocycles. The lowest BCUT2D eigenvalue weighted by Gasteiger charge is -2.43. The lowest BCUT2D eigenvalue weighted by Crippen LogP contribution is -2.68. The van der Waals surface area contributed by atoms with Crippen LogP contribution in [0.4, 0.5) is 4.79 Å². The summed E-state index contributed by atoms with van der Waals surface area (Å²) in [6.45, 7) is 5.40. The van der Waals surface area contributed by atoms with Gasteiger partial charge in [-0.1, -0.05) is 0 Å². The molecule has 1 heterocycles. The van der Waals surface area contributed by atoms with Gasteiger partial charge in [0.05, 0.1) is 7.11 Å². The minimum absolute atomic E-state index is 0.0711. The van der Waals surface area contributed by atoms with Crippen molar-refractivity contribution in [2.75, 3.05) is 13.7 Å². The van der Waals surface area contributed by atoms with Crippen molar-refractivity contribution in [1.29, 1.82) is 0 Å². The molecule has 0 spiro atoms. The molecule has 1 rings (SSSR count). The molecule has 1 unspecified atom stereocenters. The highest BCUT2D eigenvalue weighted by Gasteiger charge is 2.62. The van der Waals surface area contributed by atoms with Gasteiger partial charge in [-0.15, -0.1) is 0 Å². The van der Waals surface area contributed by atoms with Crippen LogP contribution in [0.5, 0.6) is 0 Å². The van der Waals surface area contributed by atoms with Gasteiger partial charge >= 0.3 is 12.1 Å². The maximum absolute atomic E-state index is 12.0. The zero-order chi connectivity index (χ0) is 13.4. The maximum Gasteiger partial charge on any atom is 0.516 e. The molecule has 1 amide bonds. The van der Waals surface area contributed by atoms with Gasteiger partial charge in [0.2, 0.25) is 6.04 Å². The summed E-state index contributed by atoms with van der Waals surface area (Å²) in [7, 11) is 1.23. The number of carbonyl (C=O) groups is 2. The molecule has 1 saturated heterocycles. The Labute approximate surface area is 100 Å². The first-order valence-electron chi connectivity index (χ1n) is 5.54. The molecule has 0 saturated carbocycles. The molecular weight excluding hydrogens is 226 g/mol. The summed E-state index contributed by atoms with van der Waals surface area (Å²) in [5.74, 6) is -1.08. The molecule has 2 N–H and O–H groups in total. The molecule has 0 aromatic rings. The summed E-state index contributed by atoms with van der Waals surface area (Å²) in [6.07, 6.45) is -1.34. The number of hydrogen-bond acceptors (Lipinski definition) is 4. The van der Waals surface area contributed by atoms with E-state index < -0.39 is 29.7 Å². The first-order valence-corrected chi connectivity index (χ1v) is 5.54. The second-order valence-corrected chi connectivity index (χ2v) is 5.44. The average molecular weight is 246 g/mol. The van der Waals surface area contributed by atoms with Gasteiger partial charge in [0.1, 0.15) is 18.2 Å². The highest BCUT2D eigenvalue weighted by Crippen LogP contribution is 2.38. The first kappa shape index (κ1) is 13.9. The number of aliphatic hydroxyl groups is 1. The fourth-order valence-electron chi connectivity index (χ4n) is 2.64. The average Bonchev–Trinajstić information content (AvgIpc) is 2.55. The fraction of sp³-hybridized carbons (Fsp3) is 0.818. The predicted molar refractivity (Wildman–Crippen MR) is 59.3 cm³/mol. The van der Waals surface area contributed by atoms with Crippen molar-refractivity contribution in [1.82, 2.24) is 0 Å². The second-order valence-electron chi connectivity index (χ2n) is 5.44. The van der Waals surface area contributed by atoms with E-state index in [0.717, 1.165) is 0 Å². The molecule has 1 aliphatic heterocycles. The van der Waals surface area contributed by atoms with Crippen molar-refractivity contribution in [3.05, 3.63) is 0 Å². The van der Waals surface area contributed by atoms with Crippen molar-refractivity contribution in [2.24, 2.45) is 0 Å². The number of quaternary nitrogens is 1. The third-order valence-electron chi connectivity index (χ3n) is 3.51. The molecule has 17 heavy (non-hydrogen) atoms. The van der Waals surface area contributed by atoms with Crippen LogP contribution < -0.4 is 0 Å². The van der Waals surface area contributed by atoms with Gasteiger partial charge in [0, 0.05) is 6.42 Å². The number of aliphatic hydroxyl groups excluding tert-OH is 1. The standard InChI is InChI=1S/C11H19NO5/c1-11(2,3)12(10(16)17-4)6-7(13)5-8(12)9(14)15/h7-8,13H,5-6H2,1-4H3/p+1/t7-,8-,12?/m0/s1. The minimum atomic E-state index is -1.08. The molecule has 6 heteroatoms. The van der Waals surface area contributed by atoms with E-state index in [2.05, 4.69) is 0 Å².